The standard InChI is InChI=1S/C24H29N7O/c1-4-11-30-14-26-29-22(30)18-7-6-8-20(27-18)31-13-16-15(23(31)32)12-19(24(3)9-10-24)28-21(16)17(25)5-2/h6-8,12,14,17H,4-5,9-11,13,25H2,1-3H3/t17-/m1/s1. The molecule has 0 bridgehead atoms. The third-order valence-electron chi connectivity index (χ3n) is 6.68. The number of nitrogens with zero attached hydrogens (tertiary/aromatic N) is 6. The molecule has 166 valence electrons. The average molecular weight is 432 g/mol. The van der Waals surface area contributed by atoms with Gasteiger partial charge in [-0.2, -0.15) is 0 Å². The fourth-order valence-corrected chi connectivity index (χ4v) is 4.32. The van der Waals surface area contributed by atoms with Gasteiger partial charge in [-0.25, -0.2) is 4.98 Å². The van der Waals surface area contributed by atoms with Crippen LogP contribution in [0.2, 0.25) is 0 Å². The Morgan fingerprint density at radius 3 is 2.75 bits per heavy atom. The number of fused-ring (bicyclic) bond motifs is 1. The molecule has 1 atom stereocenters. The van der Waals surface area contributed by atoms with Crippen molar-refractivity contribution in [1.82, 2.24) is 24.7 Å². The van der Waals surface area contributed by atoms with Crippen LogP contribution < -0.4 is 10.6 Å². The van der Waals surface area contributed by atoms with E-state index in [1.807, 2.05) is 28.8 Å². The van der Waals surface area contributed by atoms with Crippen molar-refractivity contribution < 1.29 is 4.79 Å². The lowest BCUT2D eigenvalue weighted by atomic mass is 9.96. The van der Waals surface area contributed by atoms with Gasteiger partial charge in [0.15, 0.2) is 5.82 Å². The van der Waals surface area contributed by atoms with Gasteiger partial charge in [0.1, 0.15) is 17.8 Å². The van der Waals surface area contributed by atoms with Crippen LogP contribution >= 0.6 is 0 Å². The number of hydrogen-bond donors (Lipinski definition) is 1. The Morgan fingerprint density at radius 1 is 1.22 bits per heavy atom. The van der Waals surface area contributed by atoms with Gasteiger partial charge in [0.05, 0.1) is 12.2 Å². The number of aryl methyl sites for hydroxylation is 1. The minimum absolute atomic E-state index is 0.0443. The summed E-state index contributed by atoms with van der Waals surface area (Å²) in [6, 6.07) is 7.47. The number of aromatic nitrogens is 5. The fourth-order valence-electron chi connectivity index (χ4n) is 4.32. The molecule has 0 aromatic carbocycles. The van der Waals surface area contributed by atoms with E-state index >= 15 is 0 Å². The van der Waals surface area contributed by atoms with Crippen LogP contribution in [0.5, 0.6) is 0 Å². The first-order valence-electron chi connectivity index (χ1n) is 11.4. The topological polar surface area (TPSA) is 103 Å². The maximum absolute atomic E-state index is 13.5. The minimum atomic E-state index is -0.189. The van der Waals surface area contributed by atoms with E-state index in [0.29, 0.717) is 29.4 Å². The number of amides is 1. The molecular formula is C24H29N7O. The van der Waals surface area contributed by atoms with E-state index in [1.165, 1.54) is 0 Å². The molecule has 1 amide bonds. The molecule has 1 fully saturated rings. The molecule has 0 spiro atoms. The van der Waals surface area contributed by atoms with Crippen LogP contribution in [0.4, 0.5) is 5.82 Å². The smallest absolute Gasteiger partial charge is 0.260 e. The monoisotopic (exact) mass is 431 g/mol. The molecule has 1 aliphatic carbocycles. The second-order valence-electron chi connectivity index (χ2n) is 9.11. The van der Waals surface area contributed by atoms with Crippen LogP contribution in [0.15, 0.2) is 30.6 Å². The van der Waals surface area contributed by atoms with Crippen molar-refractivity contribution in [3.8, 4) is 11.5 Å². The van der Waals surface area contributed by atoms with E-state index in [-0.39, 0.29) is 17.4 Å². The van der Waals surface area contributed by atoms with Crippen molar-refractivity contribution in [2.24, 2.45) is 5.73 Å². The van der Waals surface area contributed by atoms with Crippen LogP contribution in [0, 0.1) is 0 Å². The van der Waals surface area contributed by atoms with Gasteiger partial charge < -0.3 is 10.3 Å². The number of hydrogen-bond acceptors (Lipinski definition) is 6. The molecule has 1 aliphatic heterocycles. The van der Waals surface area contributed by atoms with E-state index in [2.05, 4.69) is 31.0 Å². The molecule has 3 aromatic heterocycles. The summed E-state index contributed by atoms with van der Waals surface area (Å²) in [5, 5.41) is 8.29. The van der Waals surface area contributed by atoms with Crippen molar-refractivity contribution in [2.75, 3.05) is 4.90 Å². The number of carbonyl (C=O) groups is 1. The first-order valence-corrected chi connectivity index (χ1v) is 11.4. The summed E-state index contributed by atoms with van der Waals surface area (Å²) in [6.07, 6.45) is 5.65. The van der Waals surface area contributed by atoms with Gasteiger partial charge in [0.2, 0.25) is 0 Å². The summed E-state index contributed by atoms with van der Waals surface area (Å²) >= 11 is 0. The normalized spacial score (nSPS) is 17.5. The molecule has 2 aliphatic rings. The maximum Gasteiger partial charge on any atom is 0.260 e. The molecule has 32 heavy (non-hydrogen) atoms. The highest BCUT2D eigenvalue weighted by Crippen LogP contribution is 2.48. The molecule has 4 heterocycles. The fraction of sp³-hybridized carbons (Fsp3) is 0.458. The van der Waals surface area contributed by atoms with Crippen molar-refractivity contribution in [3.05, 3.63) is 53.1 Å². The van der Waals surface area contributed by atoms with Crippen LogP contribution in [0.3, 0.4) is 0 Å². The Morgan fingerprint density at radius 2 is 2.03 bits per heavy atom. The Balaban J connectivity index is 1.53. The van der Waals surface area contributed by atoms with E-state index in [1.54, 1.807) is 11.2 Å². The zero-order chi connectivity index (χ0) is 22.5. The molecule has 8 heteroatoms. The lowest BCUT2D eigenvalue weighted by Crippen LogP contribution is -2.24. The van der Waals surface area contributed by atoms with Crippen LogP contribution in [-0.4, -0.2) is 30.6 Å². The molecule has 0 unspecified atom stereocenters. The molecule has 8 nitrogen and oxygen atoms in total. The molecular weight excluding hydrogens is 402 g/mol. The minimum Gasteiger partial charge on any atom is -0.323 e. The number of pyridine rings is 2. The molecule has 5 rings (SSSR count). The third-order valence-corrected chi connectivity index (χ3v) is 6.68. The zero-order valence-electron chi connectivity index (χ0n) is 18.9. The summed E-state index contributed by atoms with van der Waals surface area (Å²) in [7, 11) is 0. The van der Waals surface area contributed by atoms with Crippen molar-refractivity contribution in [1.29, 1.82) is 0 Å². The highest BCUT2D eigenvalue weighted by molar-refractivity contribution is 6.10. The Kier molecular flexibility index (Phi) is 5.04. The highest BCUT2D eigenvalue weighted by Gasteiger charge is 2.43. The summed E-state index contributed by atoms with van der Waals surface area (Å²) in [5.41, 5.74) is 10.7. The van der Waals surface area contributed by atoms with Crippen molar-refractivity contribution in [3.63, 3.8) is 0 Å². The van der Waals surface area contributed by atoms with Gasteiger partial charge in [0.25, 0.3) is 5.91 Å². The highest BCUT2D eigenvalue weighted by atomic mass is 16.2. The van der Waals surface area contributed by atoms with Crippen molar-refractivity contribution in [2.45, 2.75) is 71.0 Å². The van der Waals surface area contributed by atoms with Crippen LogP contribution in [0.25, 0.3) is 11.5 Å². The number of rotatable bonds is 7. The van der Waals surface area contributed by atoms with Gasteiger partial charge in [0, 0.05) is 34.8 Å². The summed E-state index contributed by atoms with van der Waals surface area (Å²) in [4.78, 5) is 25.0. The van der Waals surface area contributed by atoms with E-state index in [4.69, 9.17) is 15.7 Å². The summed E-state index contributed by atoms with van der Waals surface area (Å²) < 4.78 is 1.98. The number of carbonyl (C=O) groups excluding carboxylic acids is 1. The lowest BCUT2D eigenvalue weighted by molar-refractivity contribution is 0.0996. The Hall–Kier alpha value is -3.13. The number of anilines is 1. The molecule has 1 saturated carbocycles. The summed E-state index contributed by atoms with van der Waals surface area (Å²) in [5.74, 6) is 1.26. The second kappa shape index (κ2) is 7.78. The quantitative estimate of drug-likeness (QED) is 0.611. The van der Waals surface area contributed by atoms with Gasteiger partial charge in [-0.1, -0.05) is 26.8 Å². The molecule has 0 radical (unpaired) electrons. The first-order chi connectivity index (χ1) is 15.4. The van der Waals surface area contributed by atoms with Gasteiger partial charge >= 0.3 is 0 Å². The van der Waals surface area contributed by atoms with E-state index < -0.39 is 0 Å². The molecule has 3 aromatic rings. The first kappa shape index (κ1) is 20.8. The lowest BCUT2D eigenvalue weighted by Gasteiger charge is -2.17. The SMILES string of the molecule is CCCn1cnnc1-c1cccc(N2Cc3c(cc(C4(C)CC4)nc3[C@H](N)CC)C2=O)n1. The van der Waals surface area contributed by atoms with Gasteiger partial charge in [-0.05, 0) is 43.9 Å². The molecule has 2 N–H and O–H groups in total. The van der Waals surface area contributed by atoms with Gasteiger partial charge in [-0.3, -0.25) is 14.7 Å². The predicted molar refractivity (Wildman–Crippen MR) is 122 cm³/mol. The van der Waals surface area contributed by atoms with E-state index in [0.717, 1.165) is 49.2 Å². The number of nitrogens with two attached hydrogens (primary N) is 1. The predicted octanol–water partition coefficient (Wildman–Crippen LogP) is 3.77. The molecule has 0 saturated heterocycles. The van der Waals surface area contributed by atoms with Crippen molar-refractivity contribution >= 4 is 11.7 Å². The Bertz CT molecular complexity index is 1180. The Labute approximate surface area is 187 Å². The third kappa shape index (κ3) is 3.39. The zero-order valence-corrected chi connectivity index (χ0v) is 18.9. The van der Waals surface area contributed by atoms with Crippen LogP contribution in [0.1, 0.15) is 79.8 Å². The van der Waals surface area contributed by atoms with E-state index in [9.17, 15) is 4.79 Å². The largest absolute Gasteiger partial charge is 0.323 e. The maximum atomic E-state index is 13.5. The van der Waals surface area contributed by atoms with Crippen LogP contribution in [-0.2, 0) is 18.5 Å². The summed E-state index contributed by atoms with van der Waals surface area (Å²) in [6.45, 7) is 7.61. The van der Waals surface area contributed by atoms with Gasteiger partial charge in [-0.15, -0.1) is 10.2 Å². The second-order valence-corrected chi connectivity index (χ2v) is 9.11. The average Bonchev–Trinajstić information content (AvgIpc) is 3.24.